The van der Waals surface area contributed by atoms with Gasteiger partial charge in [-0.2, -0.15) is 0 Å². The maximum absolute atomic E-state index is 12.2. The Morgan fingerprint density at radius 2 is 1.55 bits per heavy atom. The molecule has 1 aliphatic heterocycles. The number of hydrogen-bond acceptors (Lipinski definition) is 11. The smallest absolute Gasteiger partial charge is 0.756 e. The fraction of sp³-hybridized carbons (Fsp3) is 0.862. The number of aromatic nitrogens is 2. The molecular formula is C29H52ClN2NaO12P2. The molecule has 1 aliphatic rings. The van der Waals surface area contributed by atoms with Gasteiger partial charge in [0, 0.05) is 24.8 Å². The summed E-state index contributed by atoms with van der Waals surface area (Å²) in [5.74, 6) is 0. The second-order valence-corrected chi connectivity index (χ2v) is 15.4. The first-order valence-electron chi connectivity index (χ1n) is 16.3. The van der Waals surface area contributed by atoms with E-state index in [1.54, 1.807) is 0 Å². The minimum Gasteiger partial charge on any atom is -0.756 e. The van der Waals surface area contributed by atoms with Crippen molar-refractivity contribution in [3.05, 3.63) is 32.6 Å². The molecule has 1 aromatic heterocycles. The molecule has 18 heteroatoms. The van der Waals surface area contributed by atoms with E-state index >= 15 is 0 Å². The minimum absolute atomic E-state index is 0. The number of rotatable bonds is 26. The van der Waals surface area contributed by atoms with E-state index in [2.05, 4.69) is 20.7 Å². The number of phosphoric acid groups is 2. The van der Waals surface area contributed by atoms with Gasteiger partial charge in [0.1, 0.15) is 12.3 Å². The molecule has 0 radical (unpaired) electrons. The maximum Gasteiger partial charge on any atom is 1.00 e. The number of nitrogens with one attached hydrogen (secondary N) is 1. The predicted octanol–water partition coefficient (Wildman–Crippen LogP) is 2.22. The Morgan fingerprint density at radius 3 is 2.13 bits per heavy atom. The summed E-state index contributed by atoms with van der Waals surface area (Å²) in [6, 6.07) is 0. The van der Waals surface area contributed by atoms with E-state index in [9.17, 15) is 33.6 Å². The molecule has 0 saturated carbocycles. The topological polar surface area (TPSA) is 199 Å². The molecule has 1 aromatic rings. The number of nitrogens with zero attached hydrogens (tertiary/aromatic N) is 1. The van der Waals surface area contributed by atoms with Crippen LogP contribution >= 0.6 is 27.2 Å². The maximum atomic E-state index is 12.2. The predicted molar refractivity (Wildman–Crippen MR) is 172 cm³/mol. The average molecular weight is 741 g/mol. The Kier molecular flexibility index (Phi) is 23.4. The fourth-order valence-electron chi connectivity index (χ4n) is 5.01. The standard InChI is InChI=1S/C29H53ClN2O12P2.Na/c1-3-4-5-6-7-8-9-10-11-12-13-14-15-16-17-40-20-24(30)21-41-45(36,37)44-46(38,39)42-22-26-25(33)18-27(43-26)32-19-23(2)28(34)31-29(32)35;/h19,24-27,33H,3-18,20-22H2,1-2H3,(H,36,37)(H,38,39)(H,31,34,35);/q;+1/p-1. The van der Waals surface area contributed by atoms with Crippen molar-refractivity contribution >= 4 is 27.2 Å². The number of H-pyrrole nitrogens is 1. The van der Waals surface area contributed by atoms with E-state index in [0.717, 1.165) is 23.8 Å². The van der Waals surface area contributed by atoms with Gasteiger partial charge in [0.15, 0.2) is 0 Å². The number of ether oxygens (including phenoxy) is 2. The third-order valence-corrected chi connectivity index (χ3v) is 10.4. The molecule has 2 rings (SSSR count). The molecule has 47 heavy (non-hydrogen) atoms. The van der Waals surface area contributed by atoms with Crippen LogP contribution < -0.4 is 45.7 Å². The number of halogens is 1. The monoisotopic (exact) mass is 740 g/mol. The molecule has 0 spiro atoms. The summed E-state index contributed by atoms with van der Waals surface area (Å²) in [5, 5.41) is 9.40. The van der Waals surface area contributed by atoms with Crippen LogP contribution in [0.3, 0.4) is 0 Å². The Hall–Kier alpha value is 0.110. The zero-order valence-electron chi connectivity index (χ0n) is 28.0. The molecule has 0 amide bonds. The van der Waals surface area contributed by atoms with Gasteiger partial charge in [0.25, 0.3) is 13.4 Å². The van der Waals surface area contributed by atoms with Crippen LogP contribution in [0.15, 0.2) is 15.8 Å². The second kappa shape index (κ2) is 24.3. The number of phosphoric ester groups is 2. The van der Waals surface area contributed by atoms with Crippen LogP contribution in [0.2, 0.25) is 0 Å². The van der Waals surface area contributed by atoms with Gasteiger partial charge in [-0.05, 0) is 13.3 Å². The first-order chi connectivity index (χ1) is 21.8. The van der Waals surface area contributed by atoms with Crippen molar-refractivity contribution in [2.24, 2.45) is 0 Å². The molecule has 6 unspecified atom stereocenters. The molecule has 0 bridgehead atoms. The van der Waals surface area contributed by atoms with Gasteiger partial charge in [-0.15, -0.1) is 11.6 Å². The van der Waals surface area contributed by atoms with Gasteiger partial charge in [-0.1, -0.05) is 90.4 Å². The summed E-state index contributed by atoms with van der Waals surface area (Å²) < 4.78 is 49.9. The summed E-state index contributed by atoms with van der Waals surface area (Å²) in [7, 11) is -10.5. The first-order valence-corrected chi connectivity index (χ1v) is 19.7. The number of aliphatic hydroxyl groups excluding tert-OH is 1. The van der Waals surface area contributed by atoms with E-state index in [0.29, 0.717) is 6.61 Å². The Bertz CT molecular complexity index is 1220. The van der Waals surface area contributed by atoms with Crippen molar-refractivity contribution in [3.63, 3.8) is 0 Å². The van der Waals surface area contributed by atoms with Crippen molar-refractivity contribution in [3.8, 4) is 0 Å². The molecular weight excluding hydrogens is 689 g/mol. The van der Waals surface area contributed by atoms with Gasteiger partial charge >= 0.3 is 43.1 Å². The molecule has 268 valence electrons. The van der Waals surface area contributed by atoms with E-state index < -0.39 is 63.9 Å². The quantitative estimate of drug-likeness (QED) is 0.0543. The number of aromatic amines is 1. The Balaban J connectivity index is 0.0000110. The van der Waals surface area contributed by atoms with Crippen LogP contribution in [0, 0.1) is 6.92 Å². The number of hydrogen-bond donors (Lipinski definition) is 3. The number of unbranched alkanes of at least 4 members (excludes halogenated alkanes) is 13. The van der Waals surface area contributed by atoms with E-state index in [4.69, 9.17) is 25.6 Å². The van der Waals surface area contributed by atoms with E-state index in [-0.39, 0.29) is 48.1 Å². The van der Waals surface area contributed by atoms with Crippen molar-refractivity contribution in [2.75, 3.05) is 26.4 Å². The largest absolute Gasteiger partial charge is 1.00 e. The van der Waals surface area contributed by atoms with Crippen LogP contribution in [-0.4, -0.2) is 63.6 Å². The summed E-state index contributed by atoms with van der Waals surface area (Å²) in [6.45, 7) is 2.90. The first kappa shape index (κ1) is 45.1. The average Bonchev–Trinajstić information content (AvgIpc) is 3.36. The summed E-state index contributed by atoms with van der Waals surface area (Å²) in [6.07, 6.45) is 15.2. The Labute approximate surface area is 304 Å². The number of aliphatic hydroxyl groups is 1. The van der Waals surface area contributed by atoms with Crippen molar-refractivity contribution < 1.29 is 76.4 Å². The van der Waals surface area contributed by atoms with E-state index in [1.165, 1.54) is 83.7 Å². The second-order valence-electron chi connectivity index (χ2n) is 11.8. The van der Waals surface area contributed by atoms with Crippen LogP contribution in [0.4, 0.5) is 0 Å². The Morgan fingerprint density at radius 1 is 1.00 bits per heavy atom. The third kappa shape index (κ3) is 19.3. The van der Waals surface area contributed by atoms with Gasteiger partial charge in [0.05, 0.1) is 31.3 Å². The van der Waals surface area contributed by atoms with E-state index in [1.807, 2.05) is 0 Å². The molecule has 2 heterocycles. The normalized spacial score (nSPS) is 21.2. The molecule has 3 N–H and O–H groups in total. The molecule has 0 aliphatic carbocycles. The van der Waals surface area contributed by atoms with Gasteiger partial charge < -0.3 is 28.9 Å². The summed E-state index contributed by atoms with van der Waals surface area (Å²) in [4.78, 5) is 47.7. The SMILES string of the molecule is CCCCCCCCCCCCCCCCOCC(Cl)COP(=O)([O-])OP(=O)(O)OCC1OC(n2cc(C)c(=O)[nH]c2=O)CC1O.[Na+]. The molecule has 6 atom stereocenters. The third-order valence-electron chi connectivity index (χ3n) is 7.62. The van der Waals surface area contributed by atoms with Gasteiger partial charge in [-0.25, -0.2) is 13.7 Å². The molecule has 1 saturated heterocycles. The molecule has 0 aromatic carbocycles. The molecule has 14 nitrogen and oxygen atoms in total. The zero-order valence-corrected chi connectivity index (χ0v) is 32.6. The van der Waals surface area contributed by atoms with Crippen LogP contribution in [-0.2, 0) is 32.0 Å². The molecule has 1 fully saturated rings. The summed E-state index contributed by atoms with van der Waals surface area (Å²) >= 11 is 6.06. The van der Waals surface area contributed by atoms with Crippen LogP contribution in [0.25, 0.3) is 0 Å². The zero-order chi connectivity index (χ0) is 34.0. The number of alkyl halides is 1. The van der Waals surface area contributed by atoms with Crippen molar-refractivity contribution in [2.45, 2.75) is 134 Å². The van der Waals surface area contributed by atoms with Crippen molar-refractivity contribution in [1.29, 1.82) is 0 Å². The van der Waals surface area contributed by atoms with Gasteiger partial charge in [0.2, 0.25) is 0 Å². The van der Waals surface area contributed by atoms with Crippen molar-refractivity contribution in [1.82, 2.24) is 9.55 Å². The van der Waals surface area contributed by atoms with Crippen LogP contribution in [0.1, 0.15) is 115 Å². The fourth-order valence-corrected chi connectivity index (χ4v) is 7.33. The summed E-state index contributed by atoms with van der Waals surface area (Å²) in [5.41, 5.74) is -1.11. The number of aryl methyl sites for hydroxylation is 1. The minimum atomic E-state index is -5.31. The van der Waals surface area contributed by atoms with Gasteiger partial charge in [-0.3, -0.25) is 23.4 Å². The van der Waals surface area contributed by atoms with Crippen LogP contribution in [0.5, 0.6) is 0 Å².